The van der Waals surface area contributed by atoms with Crippen molar-refractivity contribution in [2.45, 2.75) is 25.3 Å². The first-order valence-corrected chi connectivity index (χ1v) is 6.14. The van der Waals surface area contributed by atoms with E-state index >= 15 is 0 Å². The Morgan fingerprint density at radius 3 is 2.26 bits per heavy atom. The number of carbonyl (C=O) groups is 1. The van der Waals surface area contributed by atoms with Gasteiger partial charge < -0.3 is 5.11 Å². The van der Waals surface area contributed by atoms with Crippen LogP contribution in [0, 0.1) is 37.0 Å². The predicted octanol–water partition coefficient (Wildman–Crippen LogP) is 0.401. The molecule has 0 aliphatic heterocycles. The van der Waals surface area contributed by atoms with E-state index in [2.05, 4.69) is 23.1 Å². The summed E-state index contributed by atoms with van der Waals surface area (Å²) in [5.74, 6) is 6.59. The average Bonchev–Trinajstić information content (AvgIpc) is 2.37. The topological polar surface area (TPSA) is 52.6 Å². The number of aliphatic carboxylic acids is 1. The molecule has 0 aromatic carbocycles. The summed E-state index contributed by atoms with van der Waals surface area (Å²) in [5.41, 5.74) is 0. The first kappa shape index (κ1) is 17.1. The van der Waals surface area contributed by atoms with Gasteiger partial charge in [-0.25, -0.2) is 0 Å². The lowest BCUT2D eigenvalue weighted by Gasteiger charge is -2.17. The lowest BCUT2D eigenvalue weighted by atomic mass is 10.1. The minimum atomic E-state index is -0.876. The van der Waals surface area contributed by atoms with Crippen molar-refractivity contribution in [2.24, 2.45) is 0 Å². The molecule has 0 rings (SSSR count). The maximum absolute atomic E-state index is 10.9. The Balaban J connectivity index is 3.93. The maximum Gasteiger partial charge on any atom is 0.320 e. The second-order valence-corrected chi connectivity index (χ2v) is 4.09. The van der Waals surface area contributed by atoms with Crippen molar-refractivity contribution in [1.29, 1.82) is 0 Å². The number of nitrogens with one attached hydrogen (secondary N) is 1. The van der Waals surface area contributed by atoms with E-state index in [1.165, 1.54) is 0 Å². The number of carboxylic acids is 1. The van der Waals surface area contributed by atoms with E-state index in [4.69, 9.17) is 24.4 Å². The highest BCUT2D eigenvalue weighted by molar-refractivity contribution is 5.73. The van der Waals surface area contributed by atoms with Gasteiger partial charge in [0.15, 0.2) is 0 Å². The molecule has 0 heterocycles. The number of unbranched alkanes of at least 4 members (excludes halogenated alkanes) is 1. The van der Waals surface area contributed by atoms with E-state index in [-0.39, 0.29) is 6.54 Å². The molecule has 0 radical (unpaired) electrons. The van der Waals surface area contributed by atoms with Gasteiger partial charge in [0.05, 0.1) is 19.6 Å². The van der Waals surface area contributed by atoms with Gasteiger partial charge in [-0.3, -0.25) is 15.0 Å². The number of nitrogens with zero attached hydrogens (tertiary/aromatic N) is 1. The highest BCUT2D eigenvalue weighted by Crippen LogP contribution is 2.03. The lowest BCUT2D eigenvalue weighted by molar-refractivity contribution is -0.139. The second-order valence-electron chi connectivity index (χ2n) is 4.09. The molecule has 0 aromatic heterocycles. The minimum absolute atomic E-state index is 0.261. The molecule has 4 nitrogen and oxygen atoms in total. The summed E-state index contributed by atoms with van der Waals surface area (Å²) in [6.07, 6.45) is 17.7. The molecule has 0 fully saturated rings. The van der Waals surface area contributed by atoms with Crippen molar-refractivity contribution >= 4 is 5.97 Å². The molecule has 0 spiro atoms. The van der Waals surface area contributed by atoms with Gasteiger partial charge in [0, 0.05) is 6.54 Å². The number of hydrogen-bond acceptors (Lipinski definition) is 3. The quantitative estimate of drug-likeness (QED) is 0.441. The number of terminal acetylenes is 3. The second kappa shape index (κ2) is 11.2. The molecular formula is C15H20N2O2. The fraction of sp³-hybridized carbons (Fsp3) is 0.533. The van der Waals surface area contributed by atoms with Gasteiger partial charge in [-0.15, -0.1) is 19.3 Å². The van der Waals surface area contributed by atoms with Gasteiger partial charge in [0.25, 0.3) is 0 Å². The van der Waals surface area contributed by atoms with Crippen molar-refractivity contribution in [1.82, 2.24) is 10.2 Å². The zero-order valence-electron chi connectivity index (χ0n) is 11.1. The molecule has 0 saturated heterocycles. The highest BCUT2D eigenvalue weighted by Gasteiger charge is 2.15. The van der Waals surface area contributed by atoms with E-state index in [0.29, 0.717) is 19.5 Å². The molecule has 0 aromatic rings. The van der Waals surface area contributed by atoms with E-state index in [1.54, 1.807) is 0 Å². The molecule has 2 N–H and O–H groups in total. The van der Waals surface area contributed by atoms with Crippen molar-refractivity contribution in [3.63, 3.8) is 0 Å². The van der Waals surface area contributed by atoms with E-state index in [9.17, 15) is 4.79 Å². The van der Waals surface area contributed by atoms with E-state index in [0.717, 1.165) is 19.4 Å². The van der Waals surface area contributed by atoms with Crippen LogP contribution in [0.15, 0.2) is 0 Å². The van der Waals surface area contributed by atoms with Crippen LogP contribution in [-0.2, 0) is 4.79 Å². The van der Waals surface area contributed by atoms with Crippen LogP contribution in [0.4, 0.5) is 0 Å². The third-order valence-electron chi connectivity index (χ3n) is 2.60. The number of carboxylic acid groups (broad SMARTS) is 1. The standard InChI is InChI=1S/C15H20N2O2/c1-4-10-16-14(15(18)19)9-7-8-13-17(11-5-2)12-6-3/h1-3,14,16H,7-13H2,(H,18,19)/t14-/m0/s1. The Morgan fingerprint density at radius 2 is 1.79 bits per heavy atom. The molecule has 19 heavy (non-hydrogen) atoms. The smallest absolute Gasteiger partial charge is 0.320 e. The van der Waals surface area contributed by atoms with Crippen molar-refractivity contribution in [2.75, 3.05) is 26.2 Å². The fourth-order valence-electron chi connectivity index (χ4n) is 1.65. The molecule has 0 aliphatic rings. The van der Waals surface area contributed by atoms with Crippen LogP contribution in [0.5, 0.6) is 0 Å². The SMILES string of the molecule is C#CCN[C@@H](CCCCN(CC#C)CC#C)C(=O)O. The molecule has 4 heteroatoms. The molecule has 0 saturated carbocycles. The van der Waals surface area contributed by atoms with Crippen LogP contribution in [-0.4, -0.2) is 48.2 Å². The van der Waals surface area contributed by atoms with Crippen LogP contribution in [0.1, 0.15) is 19.3 Å². The summed E-state index contributed by atoms with van der Waals surface area (Å²) in [5, 5.41) is 11.8. The van der Waals surface area contributed by atoms with Gasteiger partial charge in [-0.2, -0.15) is 0 Å². The molecule has 0 unspecified atom stereocenters. The Bertz CT molecular complexity index is 368. The summed E-state index contributed by atoms with van der Waals surface area (Å²) >= 11 is 0. The largest absolute Gasteiger partial charge is 0.480 e. The summed E-state index contributed by atoms with van der Waals surface area (Å²) in [6, 6.07) is -0.593. The van der Waals surface area contributed by atoms with Gasteiger partial charge in [-0.1, -0.05) is 24.2 Å². The van der Waals surface area contributed by atoms with Gasteiger partial charge in [0.1, 0.15) is 6.04 Å². The Morgan fingerprint density at radius 1 is 1.16 bits per heavy atom. The summed E-state index contributed by atoms with van der Waals surface area (Å²) in [7, 11) is 0. The fourth-order valence-corrected chi connectivity index (χ4v) is 1.65. The third kappa shape index (κ3) is 8.75. The average molecular weight is 260 g/mol. The zero-order valence-corrected chi connectivity index (χ0v) is 11.1. The molecule has 102 valence electrons. The maximum atomic E-state index is 10.9. The van der Waals surface area contributed by atoms with Crippen LogP contribution in [0.3, 0.4) is 0 Å². The first-order valence-electron chi connectivity index (χ1n) is 6.14. The van der Waals surface area contributed by atoms with Crippen molar-refractivity contribution in [3.8, 4) is 37.0 Å². The molecule has 0 amide bonds. The Labute approximate surface area is 115 Å². The van der Waals surface area contributed by atoms with Crippen LogP contribution >= 0.6 is 0 Å². The van der Waals surface area contributed by atoms with E-state index < -0.39 is 12.0 Å². The van der Waals surface area contributed by atoms with Gasteiger partial charge in [-0.05, 0) is 12.8 Å². The van der Waals surface area contributed by atoms with Gasteiger partial charge in [0.2, 0.25) is 0 Å². The molecule has 0 bridgehead atoms. The normalized spacial score (nSPS) is 11.3. The van der Waals surface area contributed by atoms with Crippen LogP contribution in [0.25, 0.3) is 0 Å². The van der Waals surface area contributed by atoms with Crippen LogP contribution < -0.4 is 5.32 Å². The van der Waals surface area contributed by atoms with E-state index in [1.807, 2.05) is 4.90 Å². The Hall–Kier alpha value is -1.93. The van der Waals surface area contributed by atoms with Gasteiger partial charge >= 0.3 is 5.97 Å². The molecular weight excluding hydrogens is 240 g/mol. The number of hydrogen-bond donors (Lipinski definition) is 2. The monoisotopic (exact) mass is 260 g/mol. The third-order valence-corrected chi connectivity index (χ3v) is 2.60. The van der Waals surface area contributed by atoms with Crippen molar-refractivity contribution < 1.29 is 9.90 Å². The van der Waals surface area contributed by atoms with Crippen LogP contribution in [0.2, 0.25) is 0 Å². The zero-order chi connectivity index (χ0) is 14.5. The summed E-state index contributed by atoms with van der Waals surface area (Å²) < 4.78 is 0. The molecule has 1 atom stereocenters. The number of rotatable bonds is 10. The summed E-state index contributed by atoms with van der Waals surface area (Å²) in [6.45, 7) is 2.07. The van der Waals surface area contributed by atoms with Crippen molar-refractivity contribution in [3.05, 3.63) is 0 Å². The Kier molecular flexibility index (Phi) is 10.0. The highest BCUT2D eigenvalue weighted by atomic mass is 16.4. The molecule has 0 aliphatic carbocycles. The summed E-state index contributed by atoms with van der Waals surface area (Å²) in [4.78, 5) is 12.9. The predicted molar refractivity (Wildman–Crippen MR) is 76.2 cm³/mol. The minimum Gasteiger partial charge on any atom is -0.480 e. The first-order chi connectivity index (χ1) is 9.15. The lowest BCUT2D eigenvalue weighted by Crippen LogP contribution is -2.37.